The molecule has 25 heavy (non-hydrogen) atoms. The first kappa shape index (κ1) is 16.8. The van der Waals surface area contributed by atoms with Crippen LogP contribution >= 0.6 is 0 Å². The monoisotopic (exact) mass is 335 g/mol. The van der Waals surface area contributed by atoms with Gasteiger partial charge in [0.05, 0.1) is 7.11 Å². The molecule has 0 fully saturated rings. The zero-order valence-electron chi connectivity index (χ0n) is 14.4. The summed E-state index contributed by atoms with van der Waals surface area (Å²) in [6, 6.07) is 21.0. The molecule has 0 saturated carbocycles. The first-order chi connectivity index (χ1) is 12.2. The third-order valence-corrected chi connectivity index (χ3v) is 4.05. The molecule has 4 nitrogen and oxygen atoms in total. The standard InChI is InChI=1S/C21H21NO3/c1-3-20(25-17-13-11-16(24-2)12-14-17)21(23)22-19-10-6-8-15-7-4-5-9-18(15)19/h4-14,20H,3H2,1-2H3,(H,22,23)/t20-/m0/s1. The number of benzene rings is 3. The van der Waals surface area contributed by atoms with Crippen LogP contribution in [0.5, 0.6) is 11.5 Å². The summed E-state index contributed by atoms with van der Waals surface area (Å²) in [5.74, 6) is 1.23. The number of hydrogen-bond acceptors (Lipinski definition) is 3. The molecule has 1 atom stereocenters. The van der Waals surface area contributed by atoms with Gasteiger partial charge in [-0.05, 0) is 42.1 Å². The Morgan fingerprint density at radius 3 is 2.36 bits per heavy atom. The summed E-state index contributed by atoms with van der Waals surface area (Å²) in [5.41, 5.74) is 0.792. The number of carbonyl (C=O) groups excluding carboxylic acids is 1. The van der Waals surface area contributed by atoms with Gasteiger partial charge < -0.3 is 14.8 Å². The van der Waals surface area contributed by atoms with Gasteiger partial charge in [0.2, 0.25) is 0 Å². The number of nitrogens with one attached hydrogen (secondary N) is 1. The van der Waals surface area contributed by atoms with Gasteiger partial charge in [0.1, 0.15) is 11.5 Å². The normalized spacial score (nSPS) is 11.8. The van der Waals surface area contributed by atoms with Gasteiger partial charge in [0.15, 0.2) is 6.10 Å². The van der Waals surface area contributed by atoms with Crippen LogP contribution in [0, 0.1) is 0 Å². The number of hydrogen-bond donors (Lipinski definition) is 1. The van der Waals surface area contributed by atoms with Crippen LogP contribution in [0.1, 0.15) is 13.3 Å². The lowest BCUT2D eigenvalue weighted by Gasteiger charge is -2.18. The molecule has 128 valence electrons. The Balaban J connectivity index is 1.75. The molecule has 0 unspecified atom stereocenters. The smallest absolute Gasteiger partial charge is 0.265 e. The summed E-state index contributed by atoms with van der Waals surface area (Å²) in [4.78, 5) is 12.7. The molecule has 1 amide bonds. The van der Waals surface area contributed by atoms with E-state index in [1.165, 1.54) is 0 Å². The lowest BCUT2D eigenvalue weighted by Crippen LogP contribution is -2.32. The molecule has 0 saturated heterocycles. The first-order valence-corrected chi connectivity index (χ1v) is 8.30. The lowest BCUT2D eigenvalue weighted by atomic mass is 10.1. The molecule has 0 radical (unpaired) electrons. The summed E-state index contributed by atoms with van der Waals surface area (Å²) < 4.78 is 11.0. The zero-order valence-corrected chi connectivity index (χ0v) is 14.4. The quantitative estimate of drug-likeness (QED) is 0.713. The Hall–Kier alpha value is -3.01. The molecule has 3 aromatic rings. The number of fused-ring (bicyclic) bond motifs is 1. The Bertz CT molecular complexity index is 853. The molecule has 0 aliphatic carbocycles. The summed E-state index contributed by atoms with van der Waals surface area (Å²) >= 11 is 0. The van der Waals surface area contributed by atoms with E-state index in [1.807, 2.05) is 61.5 Å². The fourth-order valence-electron chi connectivity index (χ4n) is 2.69. The number of rotatable bonds is 6. The third kappa shape index (κ3) is 3.91. The fourth-order valence-corrected chi connectivity index (χ4v) is 2.69. The van der Waals surface area contributed by atoms with Crippen LogP contribution < -0.4 is 14.8 Å². The molecule has 0 aliphatic heterocycles. The fraction of sp³-hybridized carbons (Fsp3) is 0.190. The highest BCUT2D eigenvalue weighted by molar-refractivity contribution is 6.03. The largest absolute Gasteiger partial charge is 0.497 e. The van der Waals surface area contributed by atoms with Gasteiger partial charge in [-0.15, -0.1) is 0 Å². The first-order valence-electron chi connectivity index (χ1n) is 8.30. The average Bonchev–Trinajstić information content (AvgIpc) is 2.66. The van der Waals surface area contributed by atoms with E-state index in [4.69, 9.17) is 9.47 Å². The van der Waals surface area contributed by atoms with Gasteiger partial charge in [-0.3, -0.25) is 4.79 Å². The van der Waals surface area contributed by atoms with Gasteiger partial charge in [0.25, 0.3) is 5.91 Å². The maximum absolute atomic E-state index is 12.7. The number of anilines is 1. The van der Waals surface area contributed by atoms with Crippen molar-refractivity contribution in [1.29, 1.82) is 0 Å². The van der Waals surface area contributed by atoms with E-state index in [1.54, 1.807) is 19.2 Å². The summed E-state index contributed by atoms with van der Waals surface area (Å²) in [5, 5.41) is 5.09. The lowest BCUT2D eigenvalue weighted by molar-refractivity contribution is -0.122. The van der Waals surface area contributed by atoms with Gasteiger partial charge in [0, 0.05) is 11.1 Å². The molecule has 0 bridgehead atoms. The third-order valence-electron chi connectivity index (χ3n) is 4.05. The Morgan fingerprint density at radius 2 is 1.64 bits per heavy atom. The Kier molecular flexibility index (Phi) is 5.19. The topological polar surface area (TPSA) is 47.6 Å². The van der Waals surface area contributed by atoms with Crippen LogP contribution in [-0.4, -0.2) is 19.1 Å². The molecular formula is C21H21NO3. The molecule has 0 aromatic heterocycles. The summed E-state index contributed by atoms with van der Waals surface area (Å²) in [7, 11) is 1.61. The second-order valence-electron chi connectivity index (χ2n) is 5.71. The Morgan fingerprint density at radius 1 is 0.960 bits per heavy atom. The minimum atomic E-state index is -0.563. The van der Waals surface area contributed by atoms with E-state index in [0.29, 0.717) is 12.2 Å². The second-order valence-corrected chi connectivity index (χ2v) is 5.71. The van der Waals surface area contributed by atoms with E-state index < -0.39 is 6.10 Å². The number of amides is 1. The minimum absolute atomic E-state index is 0.158. The molecule has 0 spiro atoms. The zero-order chi connectivity index (χ0) is 17.6. The van der Waals surface area contributed by atoms with Crippen molar-refractivity contribution in [2.75, 3.05) is 12.4 Å². The molecule has 1 N–H and O–H groups in total. The van der Waals surface area contributed by atoms with Gasteiger partial charge >= 0.3 is 0 Å². The van der Waals surface area contributed by atoms with E-state index >= 15 is 0 Å². The van der Waals surface area contributed by atoms with Crippen LogP contribution in [0.4, 0.5) is 5.69 Å². The number of ether oxygens (including phenoxy) is 2. The molecular weight excluding hydrogens is 314 g/mol. The highest BCUT2D eigenvalue weighted by atomic mass is 16.5. The van der Waals surface area contributed by atoms with Crippen LogP contribution in [0.2, 0.25) is 0 Å². The van der Waals surface area contributed by atoms with Gasteiger partial charge in [-0.2, -0.15) is 0 Å². The van der Waals surface area contributed by atoms with Crippen molar-refractivity contribution in [3.05, 3.63) is 66.7 Å². The van der Waals surface area contributed by atoms with E-state index in [-0.39, 0.29) is 5.91 Å². The minimum Gasteiger partial charge on any atom is -0.497 e. The highest BCUT2D eigenvalue weighted by Crippen LogP contribution is 2.24. The summed E-state index contributed by atoms with van der Waals surface area (Å²) in [6.07, 6.45) is 0.00943. The molecule has 0 heterocycles. The van der Waals surface area contributed by atoms with E-state index in [9.17, 15) is 4.79 Å². The molecule has 3 aromatic carbocycles. The van der Waals surface area contributed by atoms with Crippen molar-refractivity contribution >= 4 is 22.4 Å². The van der Waals surface area contributed by atoms with Gasteiger partial charge in [-0.25, -0.2) is 0 Å². The van der Waals surface area contributed by atoms with Crippen LogP contribution in [0.15, 0.2) is 66.7 Å². The van der Waals surface area contributed by atoms with Crippen molar-refractivity contribution < 1.29 is 14.3 Å². The SMILES string of the molecule is CC[C@H](Oc1ccc(OC)cc1)C(=O)Nc1cccc2ccccc12. The average molecular weight is 335 g/mol. The van der Waals surface area contributed by atoms with Crippen molar-refractivity contribution in [2.45, 2.75) is 19.4 Å². The van der Waals surface area contributed by atoms with E-state index in [0.717, 1.165) is 22.2 Å². The van der Waals surface area contributed by atoms with E-state index in [2.05, 4.69) is 5.32 Å². The predicted octanol–water partition coefficient (Wildman–Crippen LogP) is 4.64. The van der Waals surface area contributed by atoms with Crippen LogP contribution in [0.3, 0.4) is 0 Å². The van der Waals surface area contributed by atoms with Crippen LogP contribution in [0.25, 0.3) is 10.8 Å². The van der Waals surface area contributed by atoms with Gasteiger partial charge in [-0.1, -0.05) is 43.3 Å². The predicted molar refractivity (Wildman–Crippen MR) is 100 cm³/mol. The maximum Gasteiger partial charge on any atom is 0.265 e. The molecule has 3 rings (SSSR count). The Labute approximate surface area is 147 Å². The maximum atomic E-state index is 12.7. The number of methoxy groups -OCH3 is 1. The highest BCUT2D eigenvalue weighted by Gasteiger charge is 2.19. The molecule has 0 aliphatic rings. The van der Waals surface area contributed by atoms with Crippen LogP contribution in [-0.2, 0) is 4.79 Å². The van der Waals surface area contributed by atoms with Crippen molar-refractivity contribution in [2.24, 2.45) is 0 Å². The van der Waals surface area contributed by atoms with Crippen molar-refractivity contribution in [1.82, 2.24) is 0 Å². The summed E-state index contributed by atoms with van der Waals surface area (Å²) in [6.45, 7) is 1.93. The van der Waals surface area contributed by atoms with Crippen molar-refractivity contribution in [3.63, 3.8) is 0 Å². The van der Waals surface area contributed by atoms with Crippen molar-refractivity contribution in [3.8, 4) is 11.5 Å². The molecule has 4 heteroatoms. The number of carbonyl (C=O) groups is 1. The second kappa shape index (κ2) is 7.71.